The summed E-state index contributed by atoms with van der Waals surface area (Å²) in [4.78, 5) is 0. The van der Waals surface area contributed by atoms with Crippen LogP contribution in [0.1, 0.15) is 26.7 Å². The summed E-state index contributed by atoms with van der Waals surface area (Å²) in [6.45, 7) is 14.6. The van der Waals surface area contributed by atoms with Gasteiger partial charge in [-0.25, -0.2) is 0 Å². The topological polar surface area (TPSA) is 9.23 Å². The second kappa shape index (κ2) is 6.67. The molecule has 0 aromatic rings. The van der Waals surface area contributed by atoms with Crippen LogP contribution in [0.3, 0.4) is 0 Å². The monoisotopic (exact) mass is 224 g/mol. The van der Waals surface area contributed by atoms with E-state index in [2.05, 4.69) is 46.1 Å². The molecule has 0 saturated carbocycles. The molecule has 0 rings (SSSR count). The summed E-state index contributed by atoms with van der Waals surface area (Å²) >= 11 is 0. The fourth-order valence-corrected chi connectivity index (χ4v) is 1.49. The first-order chi connectivity index (χ1) is 6.85. The molecule has 0 spiro atoms. The molecule has 0 heterocycles. The minimum atomic E-state index is -1.44. The van der Waals surface area contributed by atoms with Gasteiger partial charge < -0.3 is 4.43 Å². The number of allylic oxidation sites excluding steroid dienone is 4. The zero-order valence-corrected chi connectivity index (χ0v) is 11.8. The molecule has 2 heteroatoms. The molecule has 0 saturated heterocycles. The van der Waals surface area contributed by atoms with Gasteiger partial charge in [-0.3, -0.25) is 0 Å². The standard InChI is InChI=1S/C13H24OSi/c1-7-13(10-8-9-12(2)3)11-14-15(4,5)6/h7,9,11H,1,8,10H2,2-6H3/b13-11+. The van der Waals surface area contributed by atoms with Crippen LogP contribution in [0.25, 0.3) is 0 Å². The molecule has 0 aromatic heterocycles. The molecule has 86 valence electrons. The maximum atomic E-state index is 5.72. The van der Waals surface area contributed by atoms with Crippen LogP contribution in [0, 0.1) is 0 Å². The quantitative estimate of drug-likeness (QED) is 0.276. The van der Waals surface area contributed by atoms with Crippen LogP contribution in [0.5, 0.6) is 0 Å². The van der Waals surface area contributed by atoms with Crippen LogP contribution < -0.4 is 0 Å². The lowest BCUT2D eigenvalue weighted by atomic mass is 10.1. The van der Waals surface area contributed by atoms with E-state index in [0.717, 1.165) is 12.8 Å². The van der Waals surface area contributed by atoms with Gasteiger partial charge in [-0.05, 0) is 51.9 Å². The fraction of sp³-hybridized carbons (Fsp3) is 0.538. The van der Waals surface area contributed by atoms with Crippen molar-refractivity contribution in [3.8, 4) is 0 Å². The summed E-state index contributed by atoms with van der Waals surface area (Å²) in [7, 11) is -1.44. The van der Waals surface area contributed by atoms with Gasteiger partial charge >= 0.3 is 0 Å². The average molecular weight is 224 g/mol. The van der Waals surface area contributed by atoms with Crippen molar-refractivity contribution in [2.45, 2.75) is 46.3 Å². The predicted molar refractivity (Wildman–Crippen MR) is 71.4 cm³/mol. The zero-order valence-electron chi connectivity index (χ0n) is 10.8. The van der Waals surface area contributed by atoms with Crippen LogP contribution >= 0.6 is 0 Å². The van der Waals surface area contributed by atoms with E-state index in [0.29, 0.717) is 0 Å². The van der Waals surface area contributed by atoms with Gasteiger partial charge in [0.25, 0.3) is 0 Å². The second-order valence-electron chi connectivity index (χ2n) is 4.95. The van der Waals surface area contributed by atoms with Crippen molar-refractivity contribution in [2.24, 2.45) is 0 Å². The van der Waals surface area contributed by atoms with Crippen LogP contribution in [0.15, 0.2) is 36.1 Å². The van der Waals surface area contributed by atoms with E-state index in [1.165, 1.54) is 11.1 Å². The van der Waals surface area contributed by atoms with Gasteiger partial charge in [0.15, 0.2) is 0 Å². The van der Waals surface area contributed by atoms with Gasteiger partial charge in [0, 0.05) is 0 Å². The van der Waals surface area contributed by atoms with Crippen molar-refractivity contribution in [1.82, 2.24) is 0 Å². The van der Waals surface area contributed by atoms with E-state index < -0.39 is 8.32 Å². The van der Waals surface area contributed by atoms with Crippen molar-refractivity contribution >= 4 is 8.32 Å². The first kappa shape index (κ1) is 14.2. The molecule has 0 amide bonds. The molecule has 1 nitrogen and oxygen atoms in total. The summed E-state index contributed by atoms with van der Waals surface area (Å²) in [6.07, 6.45) is 8.09. The van der Waals surface area contributed by atoms with E-state index in [9.17, 15) is 0 Å². The summed E-state index contributed by atoms with van der Waals surface area (Å²) < 4.78 is 5.72. The minimum absolute atomic E-state index is 1.01. The largest absolute Gasteiger partial charge is 0.549 e. The van der Waals surface area contributed by atoms with Gasteiger partial charge in [-0.2, -0.15) is 0 Å². The molecule has 0 aliphatic carbocycles. The van der Waals surface area contributed by atoms with Crippen molar-refractivity contribution in [1.29, 1.82) is 0 Å². The summed E-state index contributed by atoms with van der Waals surface area (Å²) in [5.74, 6) is 0. The predicted octanol–water partition coefficient (Wildman–Crippen LogP) is 4.65. The van der Waals surface area contributed by atoms with Crippen molar-refractivity contribution < 1.29 is 4.43 Å². The van der Waals surface area contributed by atoms with Gasteiger partial charge in [-0.1, -0.05) is 24.3 Å². The Morgan fingerprint density at radius 1 is 1.27 bits per heavy atom. The van der Waals surface area contributed by atoms with E-state index in [1.807, 2.05) is 12.3 Å². The Labute approximate surface area is 95.7 Å². The van der Waals surface area contributed by atoms with Crippen molar-refractivity contribution in [3.63, 3.8) is 0 Å². The van der Waals surface area contributed by atoms with Crippen LogP contribution in [-0.4, -0.2) is 8.32 Å². The third kappa shape index (κ3) is 9.54. The molecule has 0 atom stereocenters. The van der Waals surface area contributed by atoms with E-state index >= 15 is 0 Å². The smallest absolute Gasteiger partial charge is 0.241 e. The third-order valence-electron chi connectivity index (χ3n) is 1.81. The highest BCUT2D eigenvalue weighted by Gasteiger charge is 2.13. The number of hydrogen-bond acceptors (Lipinski definition) is 1. The normalized spacial score (nSPS) is 12.2. The average Bonchev–Trinajstić information content (AvgIpc) is 2.08. The molecule has 0 radical (unpaired) electrons. The zero-order chi connectivity index (χ0) is 11.9. The Kier molecular flexibility index (Phi) is 6.33. The molecule has 0 unspecified atom stereocenters. The van der Waals surface area contributed by atoms with Crippen molar-refractivity contribution in [3.05, 3.63) is 36.1 Å². The van der Waals surface area contributed by atoms with Crippen LogP contribution in [-0.2, 0) is 4.43 Å². The first-order valence-corrected chi connectivity index (χ1v) is 8.88. The molecule has 15 heavy (non-hydrogen) atoms. The number of rotatable bonds is 6. The molecular weight excluding hydrogens is 200 g/mol. The molecule has 0 aromatic carbocycles. The van der Waals surface area contributed by atoms with E-state index in [4.69, 9.17) is 4.43 Å². The Morgan fingerprint density at radius 2 is 1.87 bits per heavy atom. The lowest BCUT2D eigenvalue weighted by Gasteiger charge is -2.16. The first-order valence-electron chi connectivity index (χ1n) is 5.48. The van der Waals surface area contributed by atoms with E-state index in [-0.39, 0.29) is 0 Å². The molecule has 0 bridgehead atoms. The molecular formula is C13H24OSi. The van der Waals surface area contributed by atoms with Gasteiger partial charge in [0.1, 0.15) is 0 Å². The lowest BCUT2D eigenvalue weighted by molar-refractivity contribution is 0.473. The Morgan fingerprint density at radius 3 is 2.27 bits per heavy atom. The lowest BCUT2D eigenvalue weighted by Crippen LogP contribution is -2.22. The van der Waals surface area contributed by atoms with Gasteiger partial charge in [-0.15, -0.1) is 0 Å². The highest BCUT2D eigenvalue weighted by atomic mass is 28.4. The Bertz CT molecular complexity index is 252. The molecule has 0 fully saturated rings. The maximum Gasteiger partial charge on any atom is 0.241 e. The summed E-state index contributed by atoms with van der Waals surface area (Å²) in [5, 5.41) is 0. The van der Waals surface area contributed by atoms with Gasteiger partial charge in [0.2, 0.25) is 8.32 Å². The minimum Gasteiger partial charge on any atom is -0.549 e. The second-order valence-corrected chi connectivity index (χ2v) is 9.41. The summed E-state index contributed by atoms with van der Waals surface area (Å²) in [5.41, 5.74) is 2.56. The Balaban J connectivity index is 4.14. The van der Waals surface area contributed by atoms with E-state index in [1.54, 1.807) is 0 Å². The molecule has 0 aliphatic heterocycles. The SMILES string of the molecule is C=C/C(=C\O[Si](C)(C)C)CCC=C(C)C. The fourth-order valence-electron chi connectivity index (χ4n) is 0.989. The molecule has 0 aliphatic rings. The highest BCUT2D eigenvalue weighted by Crippen LogP contribution is 2.11. The Hall–Kier alpha value is -0.763. The van der Waals surface area contributed by atoms with Crippen LogP contribution in [0.2, 0.25) is 19.6 Å². The third-order valence-corrected chi connectivity index (χ3v) is 2.64. The van der Waals surface area contributed by atoms with Gasteiger partial charge in [0.05, 0.1) is 6.26 Å². The van der Waals surface area contributed by atoms with Crippen molar-refractivity contribution in [2.75, 3.05) is 0 Å². The molecule has 0 N–H and O–H groups in total. The highest BCUT2D eigenvalue weighted by molar-refractivity contribution is 6.69. The summed E-state index contributed by atoms with van der Waals surface area (Å²) in [6, 6.07) is 0. The maximum absolute atomic E-state index is 5.72. The number of hydrogen-bond donors (Lipinski definition) is 0. The van der Waals surface area contributed by atoms with Crippen LogP contribution in [0.4, 0.5) is 0 Å².